The topological polar surface area (TPSA) is 29.5 Å². The molecule has 3 heteroatoms. The van der Waals surface area contributed by atoms with Gasteiger partial charge in [0.1, 0.15) is 0 Å². The van der Waals surface area contributed by atoms with E-state index in [1.54, 1.807) is 0 Å². The van der Waals surface area contributed by atoms with Gasteiger partial charge < -0.3 is 9.64 Å². The van der Waals surface area contributed by atoms with Gasteiger partial charge in [0.05, 0.1) is 13.5 Å². The van der Waals surface area contributed by atoms with Crippen LogP contribution in [0.1, 0.15) is 43.7 Å². The summed E-state index contributed by atoms with van der Waals surface area (Å²) in [6, 6.07) is 8.39. The van der Waals surface area contributed by atoms with Gasteiger partial charge in [-0.05, 0) is 62.4 Å². The highest BCUT2D eigenvalue weighted by Crippen LogP contribution is 2.16. The van der Waals surface area contributed by atoms with Crippen LogP contribution in [-0.4, -0.2) is 37.6 Å². The van der Waals surface area contributed by atoms with Gasteiger partial charge in [0.25, 0.3) is 0 Å². The van der Waals surface area contributed by atoms with Crippen LogP contribution in [0.5, 0.6) is 0 Å². The van der Waals surface area contributed by atoms with Crippen LogP contribution >= 0.6 is 0 Å². The number of piperidine rings is 1. The fourth-order valence-electron chi connectivity index (χ4n) is 3.12. The molecule has 2 rings (SSSR count). The molecule has 0 amide bonds. The lowest BCUT2D eigenvalue weighted by Gasteiger charge is -2.27. The molecule has 1 saturated heterocycles. The van der Waals surface area contributed by atoms with E-state index >= 15 is 0 Å². The first-order valence-corrected chi connectivity index (χ1v) is 8.54. The molecule has 122 valence electrons. The summed E-state index contributed by atoms with van der Waals surface area (Å²) in [5.41, 5.74) is 2.39. The SMILES string of the molecule is COC(=O)Cc1ccc(CC(C)CCN2CCCCC2)cc1. The Balaban J connectivity index is 1.73. The largest absolute Gasteiger partial charge is 0.469 e. The molecule has 22 heavy (non-hydrogen) atoms. The standard InChI is InChI=1S/C19H29NO2/c1-16(10-13-20-11-4-3-5-12-20)14-17-6-8-18(9-7-17)15-19(21)22-2/h6-9,16H,3-5,10-15H2,1-2H3. The Morgan fingerprint density at radius 3 is 2.41 bits per heavy atom. The van der Waals surface area contributed by atoms with E-state index in [1.165, 1.54) is 58.0 Å². The minimum absolute atomic E-state index is 0.178. The number of benzene rings is 1. The van der Waals surface area contributed by atoms with E-state index < -0.39 is 0 Å². The van der Waals surface area contributed by atoms with Crippen molar-refractivity contribution in [1.29, 1.82) is 0 Å². The second kappa shape index (κ2) is 8.94. The zero-order valence-electron chi connectivity index (χ0n) is 14.0. The Bertz CT molecular complexity index is 449. The molecule has 3 nitrogen and oxygen atoms in total. The van der Waals surface area contributed by atoms with Crippen LogP contribution in [0.25, 0.3) is 0 Å². The lowest BCUT2D eigenvalue weighted by atomic mass is 9.96. The minimum Gasteiger partial charge on any atom is -0.469 e. The fourth-order valence-corrected chi connectivity index (χ4v) is 3.12. The third-order valence-corrected chi connectivity index (χ3v) is 4.57. The predicted octanol–water partition coefficient (Wildman–Crippen LogP) is 3.46. The quantitative estimate of drug-likeness (QED) is 0.723. The summed E-state index contributed by atoms with van der Waals surface area (Å²) in [6.45, 7) is 6.15. The number of carbonyl (C=O) groups is 1. The number of hydrogen-bond acceptors (Lipinski definition) is 3. The first-order chi connectivity index (χ1) is 10.7. The number of carbonyl (C=O) groups excluding carboxylic acids is 1. The summed E-state index contributed by atoms with van der Waals surface area (Å²) in [7, 11) is 1.43. The number of hydrogen-bond donors (Lipinski definition) is 0. The average molecular weight is 303 g/mol. The van der Waals surface area contributed by atoms with Crippen LogP contribution in [0.3, 0.4) is 0 Å². The molecule has 1 fully saturated rings. The molecule has 1 atom stereocenters. The number of nitrogens with zero attached hydrogens (tertiary/aromatic N) is 1. The molecule has 1 heterocycles. The van der Waals surface area contributed by atoms with Gasteiger partial charge in [-0.2, -0.15) is 0 Å². The molecular weight excluding hydrogens is 274 g/mol. The summed E-state index contributed by atoms with van der Waals surface area (Å²) >= 11 is 0. The second-order valence-electron chi connectivity index (χ2n) is 6.57. The lowest BCUT2D eigenvalue weighted by Crippen LogP contribution is -2.31. The molecular formula is C19H29NO2. The average Bonchev–Trinajstić information content (AvgIpc) is 2.55. The molecule has 1 aromatic rings. The normalized spacial score (nSPS) is 17.2. The zero-order valence-corrected chi connectivity index (χ0v) is 14.0. The van der Waals surface area contributed by atoms with Crippen LogP contribution in [-0.2, 0) is 22.4 Å². The van der Waals surface area contributed by atoms with Gasteiger partial charge in [-0.15, -0.1) is 0 Å². The first kappa shape index (κ1) is 17.0. The van der Waals surface area contributed by atoms with Crippen LogP contribution < -0.4 is 0 Å². The van der Waals surface area contributed by atoms with E-state index in [2.05, 4.69) is 24.0 Å². The highest BCUT2D eigenvalue weighted by Gasteiger charge is 2.12. The zero-order chi connectivity index (χ0) is 15.8. The Morgan fingerprint density at radius 2 is 1.77 bits per heavy atom. The van der Waals surface area contributed by atoms with Gasteiger partial charge >= 0.3 is 5.97 Å². The van der Waals surface area contributed by atoms with Crippen molar-refractivity contribution in [1.82, 2.24) is 4.90 Å². The van der Waals surface area contributed by atoms with Gasteiger partial charge in [0, 0.05) is 0 Å². The van der Waals surface area contributed by atoms with E-state index in [9.17, 15) is 4.79 Å². The molecule has 1 aliphatic heterocycles. The van der Waals surface area contributed by atoms with Gasteiger partial charge in [0.2, 0.25) is 0 Å². The Morgan fingerprint density at radius 1 is 1.14 bits per heavy atom. The highest BCUT2D eigenvalue weighted by molar-refractivity contribution is 5.72. The molecule has 0 radical (unpaired) electrons. The Labute approximate surface area is 134 Å². The molecule has 1 unspecified atom stereocenters. The third-order valence-electron chi connectivity index (χ3n) is 4.57. The number of likely N-dealkylation sites (tertiary alicyclic amines) is 1. The van der Waals surface area contributed by atoms with Gasteiger partial charge in [-0.1, -0.05) is 37.6 Å². The second-order valence-corrected chi connectivity index (χ2v) is 6.57. The van der Waals surface area contributed by atoms with Crippen LogP contribution in [0.4, 0.5) is 0 Å². The number of ether oxygens (including phenoxy) is 1. The molecule has 0 saturated carbocycles. The van der Waals surface area contributed by atoms with Crippen molar-refractivity contribution in [2.45, 2.75) is 45.4 Å². The lowest BCUT2D eigenvalue weighted by molar-refractivity contribution is -0.139. The van der Waals surface area contributed by atoms with E-state index in [4.69, 9.17) is 4.74 Å². The summed E-state index contributed by atoms with van der Waals surface area (Å²) in [5, 5.41) is 0. The summed E-state index contributed by atoms with van der Waals surface area (Å²) in [5.74, 6) is 0.524. The molecule has 0 N–H and O–H groups in total. The molecule has 0 aliphatic carbocycles. The molecule has 1 aromatic carbocycles. The molecule has 0 aromatic heterocycles. The summed E-state index contributed by atoms with van der Waals surface area (Å²) in [4.78, 5) is 13.9. The highest BCUT2D eigenvalue weighted by atomic mass is 16.5. The Hall–Kier alpha value is -1.35. The van der Waals surface area contributed by atoms with Gasteiger partial charge in [-0.3, -0.25) is 4.79 Å². The minimum atomic E-state index is -0.178. The summed E-state index contributed by atoms with van der Waals surface area (Å²) in [6.07, 6.45) is 6.90. The maximum Gasteiger partial charge on any atom is 0.309 e. The monoisotopic (exact) mass is 303 g/mol. The Kier molecular flexibility index (Phi) is 6.91. The van der Waals surface area contributed by atoms with Crippen molar-refractivity contribution >= 4 is 5.97 Å². The summed E-state index contributed by atoms with van der Waals surface area (Å²) < 4.78 is 4.69. The number of rotatable bonds is 7. The van der Waals surface area contributed by atoms with Crippen LogP contribution in [0.15, 0.2) is 24.3 Å². The maximum absolute atomic E-state index is 11.3. The van der Waals surface area contributed by atoms with Crippen LogP contribution in [0, 0.1) is 5.92 Å². The van der Waals surface area contributed by atoms with Crippen molar-refractivity contribution in [2.75, 3.05) is 26.7 Å². The first-order valence-electron chi connectivity index (χ1n) is 8.54. The van der Waals surface area contributed by atoms with E-state index in [0.717, 1.165) is 12.0 Å². The van der Waals surface area contributed by atoms with E-state index in [1.807, 2.05) is 12.1 Å². The predicted molar refractivity (Wildman–Crippen MR) is 89.9 cm³/mol. The smallest absolute Gasteiger partial charge is 0.309 e. The molecule has 1 aliphatic rings. The number of methoxy groups -OCH3 is 1. The molecule has 0 bridgehead atoms. The van der Waals surface area contributed by atoms with Crippen molar-refractivity contribution in [3.63, 3.8) is 0 Å². The third kappa shape index (κ3) is 5.80. The van der Waals surface area contributed by atoms with E-state index in [0.29, 0.717) is 12.3 Å². The number of esters is 1. The van der Waals surface area contributed by atoms with Gasteiger partial charge in [-0.25, -0.2) is 0 Å². The van der Waals surface area contributed by atoms with Gasteiger partial charge in [0.15, 0.2) is 0 Å². The van der Waals surface area contributed by atoms with Crippen molar-refractivity contribution < 1.29 is 9.53 Å². The maximum atomic E-state index is 11.3. The van der Waals surface area contributed by atoms with Crippen molar-refractivity contribution in [3.05, 3.63) is 35.4 Å². The van der Waals surface area contributed by atoms with Crippen LogP contribution in [0.2, 0.25) is 0 Å². The van der Waals surface area contributed by atoms with Crippen molar-refractivity contribution in [3.8, 4) is 0 Å². The van der Waals surface area contributed by atoms with E-state index in [-0.39, 0.29) is 5.97 Å². The fraction of sp³-hybridized carbons (Fsp3) is 0.632. The van der Waals surface area contributed by atoms with Crippen molar-refractivity contribution in [2.24, 2.45) is 5.92 Å². The molecule has 0 spiro atoms.